The van der Waals surface area contributed by atoms with Crippen molar-refractivity contribution in [3.05, 3.63) is 150 Å². The third-order valence-electron chi connectivity index (χ3n) is 6.39. The van der Waals surface area contributed by atoms with Gasteiger partial charge in [-0.3, -0.25) is 0 Å². The van der Waals surface area contributed by atoms with Crippen LogP contribution >= 0.6 is 11.3 Å². The monoisotopic (exact) mass is 490 g/mol. The number of imidazole rings is 1. The number of hydrogen-bond donors (Lipinski definition) is 1. The maximum atomic E-state index is 14.1. The molecule has 0 unspecified atom stereocenters. The fourth-order valence-corrected chi connectivity index (χ4v) is 5.66. The highest BCUT2D eigenvalue weighted by atomic mass is 32.1. The number of halogens is 1. The number of aromatic nitrogens is 3. The van der Waals surface area contributed by atoms with Crippen LogP contribution in [-0.4, -0.2) is 14.5 Å². The average molecular weight is 491 g/mol. The summed E-state index contributed by atoms with van der Waals surface area (Å²) in [5.41, 5.74) is 4.07. The van der Waals surface area contributed by atoms with E-state index in [0.29, 0.717) is 17.2 Å². The van der Waals surface area contributed by atoms with Crippen LogP contribution in [-0.2, 0) is 12.1 Å². The lowest BCUT2D eigenvalue weighted by Gasteiger charge is -2.37. The second-order valence-corrected chi connectivity index (χ2v) is 9.57. The molecule has 0 aliphatic heterocycles. The highest BCUT2D eigenvalue weighted by Gasteiger charge is 2.38. The molecule has 0 aliphatic rings. The van der Waals surface area contributed by atoms with Gasteiger partial charge in [-0.25, -0.2) is 14.4 Å². The minimum absolute atomic E-state index is 0.306. The zero-order valence-electron chi connectivity index (χ0n) is 19.4. The lowest BCUT2D eigenvalue weighted by atomic mass is 9.77. The predicted molar refractivity (Wildman–Crippen MR) is 144 cm³/mol. The molecule has 2 aromatic heterocycles. The van der Waals surface area contributed by atoms with Gasteiger partial charge < -0.3 is 9.88 Å². The Morgan fingerprint density at radius 2 is 1.33 bits per heavy atom. The fourth-order valence-electron chi connectivity index (χ4n) is 4.78. The molecule has 1 N–H and O–H groups in total. The second kappa shape index (κ2) is 9.40. The quantitative estimate of drug-likeness (QED) is 0.243. The van der Waals surface area contributed by atoms with Crippen molar-refractivity contribution >= 4 is 26.7 Å². The van der Waals surface area contributed by atoms with E-state index in [0.717, 1.165) is 27.1 Å². The van der Waals surface area contributed by atoms with E-state index >= 15 is 0 Å². The molecule has 0 fully saturated rings. The predicted octanol–water partition coefficient (Wildman–Crippen LogP) is 7.08. The third-order valence-corrected chi connectivity index (χ3v) is 7.37. The zero-order chi connectivity index (χ0) is 24.4. The average Bonchev–Trinajstić information content (AvgIpc) is 3.58. The Balaban J connectivity index is 1.42. The highest BCUT2D eigenvalue weighted by Crippen LogP contribution is 2.40. The van der Waals surface area contributed by atoms with Crippen LogP contribution in [0.3, 0.4) is 0 Å². The molecule has 0 bridgehead atoms. The minimum Gasteiger partial charge on any atom is -0.356 e. The van der Waals surface area contributed by atoms with E-state index in [-0.39, 0.29) is 5.82 Å². The van der Waals surface area contributed by atoms with E-state index < -0.39 is 5.54 Å². The van der Waals surface area contributed by atoms with Crippen molar-refractivity contribution in [2.24, 2.45) is 0 Å². The number of nitrogens with one attached hydrogen (secondary N) is 1. The van der Waals surface area contributed by atoms with Crippen molar-refractivity contribution < 1.29 is 4.39 Å². The number of nitrogens with zero attached hydrogens (tertiary/aromatic N) is 3. The summed E-state index contributed by atoms with van der Waals surface area (Å²) in [5, 5.41) is 4.00. The molecule has 6 heteroatoms. The minimum atomic E-state index is -0.603. The molecular formula is C30H23FN4S. The van der Waals surface area contributed by atoms with Crippen LogP contribution in [0, 0.1) is 5.82 Å². The molecule has 0 radical (unpaired) electrons. The van der Waals surface area contributed by atoms with E-state index in [1.807, 2.05) is 30.6 Å². The van der Waals surface area contributed by atoms with Crippen LogP contribution in [0.2, 0.25) is 0 Å². The summed E-state index contributed by atoms with van der Waals surface area (Å²) in [6.07, 6.45) is 3.97. The van der Waals surface area contributed by atoms with Gasteiger partial charge in [-0.05, 0) is 28.8 Å². The molecule has 0 atom stereocenters. The summed E-state index contributed by atoms with van der Waals surface area (Å²) in [7, 11) is 0. The van der Waals surface area contributed by atoms with Crippen LogP contribution in [0.15, 0.2) is 122 Å². The first-order chi connectivity index (χ1) is 17.7. The van der Waals surface area contributed by atoms with Crippen molar-refractivity contribution in [2.45, 2.75) is 12.1 Å². The van der Waals surface area contributed by atoms with Crippen molar-refractivity contribution in [2.75, 3.05) is 5.32 Å². The van der Waals surface area contributed by atoms with Crippen molar-refractivity contribution in [3.8, 4) is 0 Å². The van der Waals surface area contributed by atoms with Gasteiger partial charge in [-0.15, -0.1) is 0 Å². The Morgan fingerprint density at radius 3 is 1.89 bits per heavy atom. The van der Waals surface area contributed by atoms with Crippen LogP contribution in [0.4, 0.5) is 9.52 Å². The first-order valence-corrected chi connectivity index (χ1v) is 12.6. The molecule has 6 aromatic rings. The third kappa shape index (κ3) is 3.85. The SMILES string of the molecule is Fc1cccc2sc(NCc3cn(C(c4ccccc4)(c4ccccc4)c4ccccc4)cn3)nc12. The van der Waals surface area contributed by atoms with Crippen molar-refractivity contribution in [1.82, 2.24) is 14.5 Å². The van der Waals surface area contributed by atoms with Gasteiger partial charge in [0.05, 0.1) is 23.3 Å². The molecule has 0 aliphatic carbocycles. The van der Waals surface area contributed by atoms with Crippen LogP contribution in [0.1, 0.15) is 22.4 Å². The second-order valence-electron chi connectivity index (χ2n) is 8.54. The Morgan fingerprint density at radius 1 is 0.750 bits per heavy atom. The molecular weight excluding hydrogens is 467 g/mol. The Kier molecular flexibility index (Phi) is 5.79. The number of benzene rings is 4. The number of anilines is 1. The van der Waals surface area contributed by atoms with Gasteiger partial charge >= 0.3 is 0 Å². The molecule has 2 heterocycles. The maximum Gasteiger partial charge on any atom is 0.184 e. The van der Waals surface area contributed by atoms with Gasteiger partial charge in [0.2, 0.25) is 0 Å². The van der Waals surface area contributed by atoms with Gasteiger partial charge in [0.15, 0.2) is 5.13 Å². The lowest BCUT2D eigenvalue weighted by molar-refractivity contribution is 0.514. The molecule has 6 rings (SSSR count). The van der Waals surface area contributed by atoms with E-state index in [4.69, 9.17) is 4.98 Å². The van der Waals surface area contributed by atoms with Crippen LogP contribution in [0.5, 0.6) is 0 Å². The summed E-state index contributed by atoms with van der Waals surface area (Å²) in [5.74, 6) is -0.306. The molecule has 176 valence electrons. The van der Waals surface area contributed by atoms with Gasteiger partial charge in [-0.2, -0.15) is 0 Å². The maximum absolute atomic E-state index is 14.1. The summed E-state index contributed by atoms with van der Waals surface area (Å²) in [4.78, 5) is 9.17. The number of hydrogen-bond acceptors (Lipinski definition) is 4. The van der Waals surface area contributed by atoms with Crippen molar-refractivity contribution in [1.29, 1.82) is 0 Å². The Bertz CT molecular complexity index is 1500. The molecule has 4 nitrogen and oxygen atoms in total. The number of fused-ring (bicyclic) bond motifs is 1. The van der Waals surface area contributed by atoms with Gasteiger partial charge in [0.1, 0.15) is 16.9 Å². The van der Waals surface area contributed by atoms with E-state index in [9.17, 15) is 4.39 Å². The fraction of sp³-hybridized carbons (Fsp3) is 0.0667. The Labute approximate surface area is 212 Å². The highest BCUT2D eigenvalue weighted by molar-refractivity contribution is 7.22. The molecule has 36 heavy (non-hydrogen) atoms. The van der Waals surface area contributed by atoms with E-state index in [2.05, 4.69) is 93.9 Å². The van der Waals surface area contributed by atoms with E-state index in [1.54, 1.807) is 6.07 Å². The topological polar surface area (TPSA) is 42.7 Å². The molecule has 0 saturated heterocycles. The zero-order valence-corrected chi connectivity index (χ0v) is 20.2. The number of thiazole rings is 1. The number of para-hydroxylation sites is 1. The summed E-state index contributed by atoms with van der Waals surface area (Å²) in [6.45, 7) is 0.475. The Hall–Kier alpha value is -4.29. The standard InChI is InChI=1S/C30H23FN4S/c31-26-17-10-18-27-28(26)34-29(36-27)32-19-25-20-35(21-33-25)30(22-11-4-1-5-12-22,23-13-6-2-7-14-23)24-15-8-3-9-16-24/h1-18,20-21H,19H2,(H,32,34). The normalized spacial score (nSPS) is 11.6. The van der Waals surface area contributed by atoms with Crippen molar-refractivity contribution in [3.63, 3.8) is 0 Å². The smallest absolute Gasteiger partial charge is 0.184 e. The largest absolute Gasteiger partial charge is 0.356 e. The summed E-state index contributed by atoms with van der Waals surface area (Å²) < 4.78 is 17.1. The van der Waals surface area contributed by atoms with E-state index in [1.165, 1.54) is 17.4 Å². The van der Waals surface area contributed by atoms with Gasteiger partial charge in [0.25, 0.3) is 0 Å². The molecule has 0 spiro atoms. The molecule has 4 aromatic carbocycles. The summed E-state index contributed by atoms with van der Waals surface area (Å²) in [6, 6.07) is 36.5. The van der Waals surface area contributed by atoms with Crippen LogP contribution < -0.4 is 5.32 Å². The number of rotatable bonds is 7. The lowest BCUT2D eigenvalue weighted by Crippen LogP contribution is -2.36. The van der Waals surface area contributed by atoms with Gasteiger partial charge in [0, 0.05) is 6.20 Å². The summed E-state index contributed by atoms with van der Waals surface area (Å²) >= 11 is 1.44. The first-order valence-electron chi connectivity index (χ1n) is 11.7. The molecule has 0 amide bonds. The van der Waals surface area contributed by atoms with Gasteiger partial charge in [-0.1, -0.05) is 108 Å². The first kappa shape index (κ1) is 22.2. The molecule has 0 saturated carbocycles. The van der Waals surface area contributed by atoms with Crippen LogP contribution in [0.25, 0.3) is 10.2 Å².